The molecule has 0 spiro atoms. The number of hydrogen-bond acceptors (Lipinski definition) is 6. The average Bonchev–Trinajstić information content (AvgIpc) is 2.93. The first-order valence-corrected chi connectivity index (χ1v) is 12.6. The molecule has 0 aliphatic carbocycles. The summed E-state index contributed by atoms with van der Waals surface area (Å²) in [5, 5.41) is 3.99. The van der Waals surface area contributed by atoms with Crippen LogP contribution in [0.1, 0.15) is 52.0 Å². The van der Waals surface area contributed by atoms with Gasteiger partial charge < -0.3 is 26.8 Å². The Morgan fingerprint density at radius 2 is 1.29 bits per heavy atom. The summed E-state index contributed by atoms with van der Waals surface area (Å²) < 4.78 is 156. The third-order valence-electron chi connectivity index (χ3n) is 5.33. The number of carbonyl (C=O) groups is 4. The fourth-order valence-electron chi connectivity index (χ4n) is 3.45. The van der Waals surface area contributed by atoms with Crippen molar-refractivity contribution in [2.45, 2.75) is 44.1 Å². The second-order valence-electron chi connectivity index (χ2n) is 9.11. The van der Waals surface area contributed by atoms with E-state index in [-0.39, 0.29) is 12.7 Å². The Kier molecular flexibility index (Phi) is 13.8. The van der Waals surface area contributed by atoms with E-state index in [1.54, 1.807) is 0 Å². The highest BCUT2D eigenvalue weighted by Crippen LogP contribution is 2.38. The predicted octanol–water partition coefficient (Wildman–Crippen LogP) is 4.94. The zero-order chi connectivity index (χ0) is 37.3. The van der Waals surface area contributed by atoms with E-state index in [0.717, 1.165) is 6.07 Å². The first-order chi connectivity index (χ1) is 21.8. The van der Waals surface area contributed by atoms with Crippen molar-refractivity contribution in [2.24, 2.45) is 16.5 Å². The number of rotatable bonds is 9. The van der Waals surface area contributed by atoms with Gasteiger partial charge in [0.1, 0.15) is 0 Å². The molecule has 1 atom stereocenters. The lowest BCUT2D eigenvalue weighted by Crippen LogP contribution is -2.39. The van der Waals surface area contributed by atoms with Crippen molar-refractivity contribution in [3.05, 3.63) is 64.2 Å². The minimum atomic E-state index is -5.23. The first-order valence-electron chi connectivity index (χ1n) is 12.6. The molecule has 10 nitrogen and oxygen atoms in total. The summed E-state index contributed by atoms with van der Waals surface area (Å²) in [7, 11) is 0. The average molecular weight is 713 g/mol. The minimum Gasteiger partial charge on any atom is -0.466 e. The number of nitrogens with two attached hydrogens (primary N) is 2. The van der Waals surface area contributed by atoms with E-state index in [9.17, 15) is 67.1 Å². The highest BCUT2D eigenvalue weighted by molar-refractivity contribution is 5.97. The maximum atomic E-state index is 13.3. The number of aliphatic imine (C=N–C) groups is 1. The fourth-order valence-corrected chi connectivity index (χ4v) is 3.45. The summed E-state index contributed by atoms with van der Waals surface area (Å²) in [4.78, 5) is 49.2. The lowest BCUT2D eigenvalue weighted by atomic mass is 9.97. The summed E-state index contributed by atoms with van der Waals surface area (Å²) in [6, 6.07) is 0.458. The summed E-state index contributed by atoms with van der Waals surface area (Å²) in [6.45, 7) is 0.154. The molecule has 0 saturated carbocycles. The fraction of sp³-hybridized carbons (Fsp3) is 0.346. The lowest BCUT2D eigenvalue weighted by molar-refractivity contribution is -0.156. The maximum Gasteiger partial charge on any atom is 0.446 e. The summed E-state index contributed by atoms with van der Waals surface area (Å²) in [5.41, 5.74) is 3.70. The van der Waals surface area contributed by atoms with Crippen LogP contribution in [0, 0.1) is 0 Å². The largest absolute Gasteiger partial charge is 0.466 e. The maximum absolute atomic E-state index is 13.3. The van der Waals surface area contributed by atoms with Gasteiger partial charge in [-0.25, -0.2) is 4.99 Å². The van der Waals surface area contributed by atoms with Crippen LogP contribution in [-0.2, 0) is 37.6 Å². The molecule has 22 heteroatoms. The number of carbonyl (C=O) groups excluding carboxylic acids is 4. The minimum absolute atomic E-state index is 0.154. The van der Waals surface area contributed by atoms with Gasteiger partial charge in [0, 0.05) is 5.56 Å². The third kappa shape index (κ3) is 14.2. The van der Waals surface area contributed by atoms with Crippen molar-refractivity contribution < 1.29 is 76.6 Å². The van der Waals surface area contributed by atoms with E-state index in [4.69, 9.17) is 16.3 Å². The Hall–Kier alpha value is -5.05. The van der Waals surface area contributed by atoms with Crippen molar-refractivity contribution in [3.8, 4) is 0 Å². The lowest BCUT2D eigenvalue weighted by Gasteiger charge is -2.22. The number of nitrogens with one attached hydrogen (secondary N) is 2. The van der Waals surface area contributed by atoms with Crippen LogP contribution in [0.4, 0.5) is 58.4 Å². The molecule has 0 saturated heterocycles. The van der Waals surface area contributed by atoms with E-state index in [2.05, 4.69) is 9.73 Å². The standard InChI is InChI=1S/C24H22F9N5O4.C2HF3O/c1-2-42-19(40)9-17(11-3-13(22(25,26)27)7-14(4-11)23(28,29)30)38-18(39)10-36-20(41)12-5-15(24(31,32)33)8-16(6-12)37-21(34)35;3-2(4,5)1-6/h3-8,17H,2,9-10H2,1H3,(H,36,41)(H,38,39)(H4,34,35,37);1H. The Morgan fingerprint density at radius 1 is 0.812 bits per heavy atom. The van der Waals surface area contributed by atoms with Gasteiger partial charge in [-0.1, -0.05) is 0 Å². The molecule has 0 aliphatic heterocycles. The Balaban J connectivity index is 0.00000175. The van der Waals surface area contributed by atoms with Crippen LogP contribution in [0.3, 0.4) is 0 Å². The Labute approximate surface area is 261 Å². The Bertz CT molecular complexity index is 1470. The number of aldehydes is 1. The molecule has 6 N–H and O–H groups in total. The predicted molar refractivity (Wildman–Crippen MR) is 140 cm³/mol. The van der Waals surface area contributed by atoms with Gasteiger partial charge in [-0.15, -0.1) is 0 Å². The molecule has 2 amide bonds. The van der Waals surface area contributed by atoms with Crippen molar-refractivity contribution in [2.75, 3.05) is 13.2 Å². The summed E-state index contributed by atoms with van der Waals surface area (Å²) >= 11 is 0. The van der Waals surface area contributed by atoms with Crippen LogP contribution in [0.25, 0.3) is 0 Å². The topological polar surface area (TPSA) is 166 Å². The second-order valence-corrected chi connectivity index (χ2v) is 9.11. The van der Waals surface area contributed by atoms with Crippen LogP contribution < -0.4 is 22.1 Å². The molecule has 48 heavy (non-hydrogen) atoms. The van der Waals surface area contributed by atoms with E-state index in [0.29, 0.717) is 24.3 Å². The van der Waals surface area contributed by atoms with Crippen molar-refractivity contribution in [1.29, 1.82) is 0 Å². The van der Waals surface area contributed by atoms with Crippen molar-refractivity contribution in [3.63, 3.8) is 0 Å². The molecular formula is C26H23F12N5O5. The van der Waals surface area contributed by atoms with Gasteiger partial charge in [0.05, 0.1) is 48.0 Å². The molecule has 2 aromatic rings. The SMILES string of the molecule is CCOC(=O)CC(NC(=O)CNC(=O)c1cc(N=C(N)N)cc(C(F)(F)F)c1)c1cc(C(F)(F)F)cc(C(F)(F)F)c1.O=CC(F)(F)F. The zero-order valence-electron chi connectivity index (χ0n) is 23.9. The molecule has 266 valence electrons. The molecule has 0 bridgehead atoms. The molecule has 0 heterocycles. The molecule has 0 aliphatic rings. The molecule has 0 radical (unpaired) electrons. The number of benzene rings is 2. The van der Waals surface area contributed by atoms with Gasteiger partial charge in [0.15, 0.2) is 5.96 Å². The van der Waals surface area contributed by atoms with E-state index in [1.165, 1.54) is 6.92 Å². The van der Waals surface area contributed by atoms with Crippen LogP contribution in [0.2, 0.25) is 0 Å². The molecule has 0 fully saturated rings. The highest BCUT2D eigenvalue weighted by Gasteiger charge is 2.38. The number of nitrogens with zero attached hydrogens (tertiary/aromatic N) is 1. The number of alkyl halides is 12. The number of guanidine groups is 1. The van der Waals surface area contributed by atoms with Crippen LogP contribution in [0.15, 0.2) is 41.4 Å². The normalized spacial score (nSPS) is 12.5. The van der Waals surface area contributed by atoms with E-state index >= 15 is 0 Å². The molecular weight excluding hydrogens is 690 g/mol. The highest BCUT2D eigenvalue weighted by atomic mass is 19.4. The van der Waals surface area contributed by atoms with Crippen molar-refractivity contribution >= 4 is 35.7 Å². The van der Waals surface area contributed by atoms with Crippen LogP contribution >= 0.6 is 0 Å². The number of esters is 1. The van der Waals surface area contributed by atoms with E-state index < -0.39 is 107 Å². The van der Waals surface area contributed by atoms with Gasteiger partial charge in [-0.05, 0) is 48.9 Å². The number of amides is 2. The number of halogens is 12. The quantitative estimate of drug-likeness (QED) is 0.0940. The first kappa shape index (κ1) is 41.0. The van der Waals surface area contributed by atoms with Gasteiger partial charge in [0.2, 0.25) is 12.2 Å². The van der Waals surface area contributed by atoms with Gasteiger partial charge in [-0.2, -0.15) is 52.7 Å². The van der Waals surface area contributed by atoms with Gasteiger partial charge in [0.25, 0.3) is 5.91 Å². The number of hydrogen-bond donors (Lipinski definition) is 4. The smallest absolute Gasteiger partial charge is 0.446 e. The van der Waals surface area contributed by atoms with Crippen LogP contribution in [0.5, 0.6) is 0 Å². The van der Waals surface area contributed by atoms with Gasteiger partial charge >= 0.3 is 30.7 Å². The van der Waals surface area contributed by atoms with Gasteiger partial charge in [-0.3, -0.25) is 19.2 Å². The summed E-state index contributed by atoms with van der Waals surface area (Å²) in [6.07, 6.45) is -22.0. The molecule has 2 aromatic carbocycles. The molecule has 2 rings (SSSR count). The molecule has 0 aromatic heterocycles. The third-order valence-corrected chi connectivity index (χ3v) is 5.33. The monoisotopic (exact) mass is 713 g/mol. The molecule has 1 unspecified atom stereocenters. The number of ether oxygens (including phenoxy) is 1. The zero-order valence-corrected chi connectivity index (χ0v) is 23.9. The van der Waals surface area contributed by atoms with E-state index in [1.807, 2.05) is 10.6 Å². The van der Waals surface area contributed by atoms with Crippen LogP contribution in [-0.4, -0.2) is 49.4 Å². The second kappa shape index (κ2) is 16.2. The Morgan fingerprint density at radius 3 is 1.71 bits per heavy atom. The van der Waals surface area contributed by atoms with Crippen molar-refractivity contribution in [1.82, 2.24) is 10.6 Å². The summed E-state index contributed by atoms with van der Waals surface area (Å²) in [5.74, 6) is -4.19.